The molecule has 0 unspecified atom stereocenters. The fraction of sp³-hybridized carbons (Fsp3) is 0.529. The molecule has 0 atom stereocenters. The monoisotopic (exact) mass is 519 g/mol. The molecule has 1 aliphatic heterocycles. The van der Waals surface area contributed by atoms with Crippen LogP contribution in [0.1, 0.15) is 13.3 Å². The summed E-state index contributed by atoms with van der Waals surface area (Å²) < 4.78 is 1.14. The molecule has 148 valence electrons. The number of nitrogens with one attached hydrogen (secondary N) is 1. The first-order valence-corrected chi connectivity index (χ1v) is 10.8. The molecule has 1 fully saturated rings. The summed E-state index contributed by atoms with van der Waals surface area (Å²) in [5, 5.41) is 5.44. The lowest BCUT2D eigenvalue weighted by atomic mass is 10.3. The maximum atomic E-state index is 4.81. The number of thiazole rings is 1. The van der Waals surface area contributed by atoms with Gasteiger partial charge in [-0.05, 0) is 19.4 Å². The maximum Gasteiger partial charge on any atom is 0.225 e. The van der Waals surface area contributed by atoms with Crippen molar-refractivity contribution in [2.45, 2.75) is 17.7 Å². The number of nitrogens with zero attached hydrogens (tertiary/aromatic N) is 6. The summed E-state index contributed by atoms with van der Waals surface area (Å²) in [6, 6.07) is 1.85. The number of rotatable bonds is 7. The molecule has 0 aliphatic carbocycles. The summed E-state index contributed by atoms with van der Waals surface area (Å²) in [6.07, 6.45) is 6.50. The van der Waals surface area contributed by atoms with E-state index in [1.165, 1.54) is 0 Å². The van der Waals surface area contributed by atoms with Gasteiger partial charge >= 0.3 is 0 Å². The standard InChI is InChI=1S/C17H25N7S2.HI/c1-2-18-15(21-7-4-13-25-17-22-8-14-26-17)23-9-11-24(12-10-23)16-19-5-3-6-20-16;/h3,5-6,8,14H,2,4,7,9-13H2,1H3,(H,18,21);1H. The molecule has 2 aromatic heterocycles. The van der Waals surface area contributed by atoms with E-state index in [2.05, 4.69) is 37.0 Å². The number of hydrogen-bond donors (Lipinski definition) is 1. The number of piperazine rings is 1. The quantitative estimate of drug-likeness (QED) is 0.198. The normalized spacial score (nSPS) is 14.8. The summed E-state index contributed by atoms with van der Waals surface area (Å²) in [5.74, 6) is 2.88. The molecule has 3 heterocycles. The fourth-order valence-electron chi connectivity index (χ4n) is 2.69. The van der Waals surface area contributed by atoms with Crippen LogP contribution in [0.5, 0.6) is 0 Å². The van der Waals surface area contributed by atoms with Gasteiger partial charge in [0.15, 0.2) is 5.96 Å². The average molecular weight is 519 g/mol. The van der Waals surface area contributed by atoms with Crippen LogP contribution in [-0.2, 0) is 0 Å². The van der Waals surface area contributed by atoms with Crippen molar-refractivity contribution in [3.8, 4) is 0 Å². The van der Waals surface area contributed by atoms with Gasteiger partial charge in [0, 0.05) is 69.0 Å². The highest BCUT2D eigenvalue weighted by molar-refractivity contribution is 14.0. The smallest absolute Gasteiger partial charge is 0.225 e. The van der Waals surface area contributed by atoms with Crippen molar-refractivity contribution in [1.29, 1.82) is 0 Å². The molecule has 2 aromatic rings. The van der Waals surface area contributed by atoms with Crippen LogP contribution in [0, 0.1) is 0 Å². The zero-order chi connectivity index (χ0) is 18.0. The molecule has 1 N–H and O–H groups in total. The molecule has 0 amide bonds. The Morgan fingerprint density at radius 1 is 1.19 bits per heavy atom. The summed E-state index contributed by atoms with van der Waals surface area (Å²) in [4.78, 5) is 22.3. The largest absolute Gasteiger partial charge is 0.357 e. The third-order valence-corrected chi connectivity index (χ3v) is 6.00. The van der Waals surface area contributed by atoms with Crippen molar-refractivity contribution in [1.82, 2.24) is 25.2 Å². The van der Waals surface area contributed by atoms with Crippen LogP contribution < -0.4 is 10.2 Å². The van der Waals surface area contributed by atoms with E-state index in [0.29, 0.717) is 0 Å². The van der Waals surface area contributed by atoms with Crippen molar-refractivity contribution in [2.24, 2.45) is 4.99 Å². The van der Waals surface area contributed by atoms with Crippen LogP contribution in [-0.4, -0.2) is 70.8 Å². The molecule has 0 bridgehead atoms. The minimum absolute atomic E-state index is 0. The Bertz CT molecular complexity index is 661. The predicted molar refractivity (Wildman–Crippen MR) is 125 cm³/mol. The Balaban J connectivity index is 0.00000261. The summed E-state index contributed by atoms with van der Waals surface area (Å²) >= 11 is 3.51. The number of guanidine groups is 1. The Labute approximate surface area is 186 Å². The van der Waals surface area contributed by atoms with E-state index in [1.54, 1.807) is 23.7 Å². The minimum Gasteiger partial charge on any atom is -0.357 e. The molecule has 0 saturated carbocycles. The molecule has 0 spiro atoms. The molecule has 7 nitrogen and oxygen atoms in total. The minimum atomic E-state index is 0. The number of aromatic nitrogens is 3. The van der Waals surface area contributed by atoms with Gasteiger partial charge in [-0.2, -0.15) is 0 Å². The molecule has 10 heteroatoms. The maximum absolute atomic E-state index is 4.81. The second-order valence-electron chi connectivity index (χ2n) is 5.76. The zero-order valence-corrected chi connectivity index (χ0v) is 19.4. The average Bonchev–Trinajstić information content (AvgIpc) is 3.21. The Hall–Kier alpha value is -1.14. The summed E-state index contributed by atoms with van der Waals surface area (Å²) in [7, 11) is 0. The first kappa shape index (κ1) is 22.2. The van der Waals surface area contributed by atoms with Gasteiger partial charge in [0.1, 0.15) is 4.34 Å². The van der Waals surface area contributed by atoms with E-state index in [-0.39, 0.29) is 24.0 Å². The van der Waals surface area contributed by atoms with Crippen LogP contribution >= 0.6 is 47.1 Å². The molecule has 1 aliphatic rings. The van der Waals surface area contributed by atoms with Crippen LogP contribution in [0.3, 0.4) is 0 Å². The highest BCUT2D eigenvalue weighted by Gasteiger charge is 2.20. The highest BCUT2D eigenvalue weighted by Crippen LogP contribution is 2.20. The molecule has 0 aromatic carbocycles. The summed E-state index contributed by atoms with van der Waals surface area (Å²) in [6.45, 7) is 7.51. The van der Waals surface area contributed by atoms with Gasteiger partial charge in [-0.15, -0.1) is 35.3 Å². The highest BCUT2D eigenvalue weighted by atomic mass is 127. The van der Waals surface area contributed by atoms with Crippen molar-refractivity contribution in [2.75, 3.05) is 49.9 Å². The van der Waals surface area contributed by atoms with Gasteiger partial charge in [0.2, 0.25) is 5.95 Å². The number of aliphatic imine (C=N–C) groups is 1. The Kier molecular flexibility index (Phi) is 10.1. The lowest BCUT2D eigenvalue weighted by molar-refractivity contribution is 0.370. The zero-order valence-electron chi connectivity index (χ0n) is 15.5. The van der Waals surface area contributed by atoms with Crippen LogP contribution in [0.15, 0.2) is 39.4 Å². The van der Waals surface area contributed by atoms with Gasteiger partial charge in [0.25, 0.3) is 0 Å². The fourth-order valence-corrected chi connectivity index (χ4v) is 4.32. The van der Waals surface area contributed by atoms with E-state index in [0.717, 1.165) is 67.7 Å². The number of halogens is 1. The first-order valence-electron chi connectivity index (χ1n) is 8.94. The van der Waals surface area contributed by atoms with Gasteiger partial charge in [-0.25, -0.2) is 15.0 Å². The van der Waals surface area contributed by atoms with Gasteiger partial charge in [0.05, 0.1) is 0 Å². The van der Waals surface area contributed by atoms with Crippen LogP contribution in [0.4, 0.5) is 5.95 Å². The van der Waals surface area contributed by atoms with Crippen molar-refractivity contribution < 1.29 is 0 Å². The van der Waals surface area contributed by atoms with E-state index in [4.69, 9.17) is 4.99 Å². The van der Waals surface area contributed by atoms with Gasteiger partial charge in [-0.1, -0.05) is 11.8 Å². The Morgan fingerprint density at radius 3 is 2.63 bits per heavy atom. The SMILES string of the molecule is CCNC(=NCCCSc1nccs1)N1CCN(c2ncccn2)CC1.I. The predicted octanol–water partition coefficient (Wildman–Crippen LogP) is 2.82. The van der Waals surface area contributed by atoms with Crippen LogP contribution in [0.2, 0.25) is 0 Å². The number of anilines is 1. The number of hydrogen-bond acceptors (Lipinski definition) is 7. The second kappa shape index (κ2) is 12.3. The second-order valence-corrected chi connectivity index (χ2v) is 8.00. The molecule has 27 heavy (non-hydrogen) atoms. The lowest BCUT2D eigenvalue weighted by Crippen LogP contribution is -2.53. The topological polar surface area (TPSA) is 69.5 Å². The van der Waals surface area contributed by atoms with Crippen LogP contribution in [0.25, 0.3) is 0 Å². The first-order chi connectivity index (χ1) is 12.9. The molecule has 1 saturated heterocycles. The lowest BCUT2D eigenvalue weighted by Gasteiger charge is -2.36. The molecule has 0 radical (unpaired) electrons. The van der Waals surface area contributed by atoms with Gasteiger partial charge < -0.3 is 15.1 Å². The van der Waals surface area contributed by atoms with Crippen molar-refractivity contribution >= 4 is 59.0 Å². The Morgan fingerprint density at radius 2 is 1.96 bits per heavy atom. The van der Waals surface area contributed by atoms with E-state index < -0.39 is 0 Å². The third kappa shape index (κ3) is 7.07. The van der Waals surface area contributed by atoms with E-state index in [1.807, 2.05) is 29.4 Å². The molecular weight excluding hydrogens is 493 g/mol. The van der Waals surface area contributed by atoms with Crippen molar-refractivity contribution in [3.63, 3.8) is 0 Å². The third-order valence-electron chi connectivity index (χ3n) is 3.95. The number of thioether (sulfide) groups is 1. The van der Waals surface area contributed by atoms with Gasteiger partial charge in [-0.3, -0.25) is 4.99 Å². The van der Waals surface area contributed by atoms with Crippen molar-refractivity contribution in [3.05, 3.63) is 30.0 Å². The molecular formula is C17H26IN7S2. The van der Waals surface area contributed by atoms with E-state index in [9.17, 15) is 0 Å². The summed E-state index contributed by atoms with van der Waals surface area (Å²) in [5.41, 5.74) is 0. The van der Waals surface area contributed by atoms with E-state index >= 15 is 0 Å². The molecule has 3 rings (SSSR count).